The average Bonchev–Trinajstić information content (AvgIpc) is 2.46. The molecular formula is C16H25ClIN3. The van der Waals surface area contributed by atoms with E-state index >= 15 is 0 Å². The van der Waals surface area contributed by atoms with Crippen LogP contribution in [0.25, 0.3) is 0 Å². The van der Waals surface area contributed by atoms with Crippen molar-refractivity contribution in [3.63, 3.8) is 0 Å². The fourth-order valence-corrected chi connectivity index (χ4v) is 2.59. The quantitative estimate of drug-likeness (QED) is 0.346. The summed E-state index contributed by atoms with van der Waals surface area (Å²) in [6.07, 6.45) is 4.49. The molecule has 1 saturated heterocycles. The molecule has 2 N–H and O–H groups in total. The number of rotatable bonds is 4. The van der Waals surface area contributed by atoms with Crippen LogP contribution in [0.4, 0.5) is 0 Å². The maximum atomic E-state index is 6.05. The van der Waals surface area contributed by atoms with Crippen molar-refractivity contribution < 1.29 is 0 Å². The molecule has 0 spiro atoms. The molecule has 0 amide bonds. The van der Waals surface area contributed by atoms with Gasteiger partial charge in [0.2, 0.25) is 0 Å². The maximum Gasteiger partial charge on any atom is 0.191 e. The lowest BCUT2D eigenvalue weighted by atomic mass is 10.00. The summed E-state index contributed by atoms with van der Waals surface area (Å²) in [5.41, 5.74) is 7.35. The van der Waals surface area contributed by atoms with Gasteiger partial charge in [-0.05, 0) is 49.3 Å². The molecule has 2 rings (SSSR count). The van der Waals surface area contributed by atoms with E-state index in [9.17, 15) is 0 Å². The minimum Gasteiger partial charge on any atom is -0.370 e. The smallest absolute Gasteiger partial charge is 0.191 e. The number of nitrogens with zero attached hydrogens (tertiary/aromatic N) is 2. The van der Waals surface area contributed by atoms with E-state index in [0.29, 0.717) is 5.96 Å². The van der Waals surface area contributed by atoms with E-state index in [4.69, 9.17) is 17.3 Å². The number of hydrogen-bond acceptors (Lipinski definition) is 1. The standard InChI is InChI=1S/C16H24ClN3.HI/c1-13-8-11-20(12-9-13)16(18)19-10-2-3-14-4-6-15(17)7-5-14;/h4-7,13H,2-3,8-12H2,1H3,(H2,18,19);1H. The molecule has 0 radical (unpaired) electrons. The molecule has 0 saturated carbocycles. The summed E-state index contributed by atoms with van der Waals surface area (Å²) in [7, 11) is 0. The first-order valence-electron chi connectivity index (χ1n) is 7.44. The van der Waals surface area contributed by atoms with E-state index in [2.05, 4.69) is 28.9 Å². The Hall–Kier alpha value is -0.490. The Labute approximate surface area is 150 Å². The zero-order valence-corrected chi connectivity index (χ0v) is 15.7. The summed E-state index contributed by atoms with van der Waals surface area (Å²) in [4.78, 5) is 6.71. The van der Waals surface area contributed by atoms with Crippen molar-refractivity contribution in [2.75, 3.05) is 19.6 Å². The predicted molar refractivity (Wildman–Crippen MR) is 102 cm³/mol. The average molecular weight is 422 g/mol. The number of aryl methyl sites for hydroxylation is 1. The van der Waals surface area contributed by atoms with Gasteiger partial charge in [0.1, 0.15) is 0 Å². The molecule has 1 aromatic carbocycles. The number of guanidine groups is 1. The molecule has 1 aromatic rings. The highest BCUT2D eigenvalue weighted by Gasteiger charge is 2.16. The monoisotopic (exact) mass is 421 g/mol. The number of aliphatic imine (C=N–C) groups is 1. The van der Waals surface area contributed by atoms with Crippen LogP contribution in [0, 0.1) is 5.92 Å². The van der Waals surface area contributed by atoms with Crippen molar-refractivity contribution in [2.45, 2.75) is 32.6 Å². The first-order valence-corrected chi connectivity index (χ1v) is 7.82. The lowest BCUT2D eigenvalue weighted by Gasteiger charge is -2.31. The van der Waals surface area contributed by atoms with Gasteiger partial charge >= 0.3 is 0 Å². The van der Waals surface area contributed by atoms with Crippen LogP contribution in [0.15, 0.2) is 29.3 Å². The number of halogens is 2. The van der Waals surface area contributed by atoms with Crippen LogP contribution >= 0.6 is 35.6 Å². The second-order valence-corrected chi connectivity index (χ2v) is 6.08. The number of nitrogens with two attached hydrogens (primary N) is 1. The van der Waals surface area contributed by atoms with Gasteiger partial charge in [-0.2, -0.15) is 0 Å². The van der Waals surface area contributed by atoms with Crippen molar-refractivity contribution >= 4 is 41.5 Å². The van der Waals surface area contributed by atoms with Gasteiger partial charge in [0.05, 0.1) is 0 Å². The normalized spacial score (nSPS) is 16.7. The summed E-state index contributed by atoms with van der Waals surface area (Å²) >= 11 is 5.87. The van der Waals surface area contributed by atoms with Gasteiger partial charge < -0.3 is 10.6 Å². The topological polar surface area (TPSA) is 41.6 Å². The third-order valence-electron chi connectivity index (χ3n) is 3.92. The highest BCUT2D eigenvalue weighted by molar-refractivity contribution is 14.0. The van der Waals surface area contributed by atoms with Crippen molar-refractivity contribution in [1.82, 2.24) is 4.90 Å². The van der Waals surface area contributed by atoms with Crippen molar-refractivity contribution in [3.05, 3.63) is 34.9 Å². The minimum absolute atomic E-state index is 0. The second kappa shape index (κ2) is 9.51. The van der Waals surface area contributed by atoms with Crippen molar-refractivity contribution in [3.8, 4) is 0 Å². The molecule has 1 heterocycles. The third kappa shape index (κ3) is 6.43. The Bertz CT molecular complexity index is 439. The lowest BCUT2D eigenvalue weighted by Crippen LogP contribution is -2.42. The Morgan fingerprint density at radius 3 is 2.52 bits per heavy atom. The largest absolute Gasteiger partial charge is 0.370 e. The molecule has 0 bridgehead atoms. The molecule has 3 nitrogen and oxygen atoms in total. The van der Waals surface area contributed by atoms with E-state index in [1.165, 1.54) is 18.4 Å². The molecule has 1 fully saturated rings. The third-order valence-corrected chi connectivity index (χ3v) is 4.17. The van der Waals surface area contributed by atoms with Crippen LogP contribution in [-0.4, -0.2) is 30.5 Å². The van der Waals surface area contributed by atoms with Crippen LogP contribution in [0.2, 0.25) is 5.02 Å². The molecular weight excluding hydrogens is 397 g/mol. The fourth-order valence-electron chi connectivity index (χ4n) is 2.47. The Balaban J connectivity index is 0.00000220. The predicted octanol–water partition coefficient (Wildman–Crippen LogP) is 3.94. The maximum absolute atomic E-state index is 6.05. The zero-order chi connectivity index (χ0) is 14.4. The molecule has 0 atom stereocenters. The number of benzene rings is 1. The molecule has 5 heteroatoms. The number of hydrogen-bond donors (Lipinski definition) is 1. The summed E-state index contributed by atoms with van der Waals surface area (Å²) in [6.45, 7) is 5.19. The zero-order valence-electron chi connectivity index (χ0n) is 12.6. The van der Waals surface area contributed by atoms with Gasteiger partial charge in [-0.15, -0.1) is 24.0 Å². The van der Waals surface area contributed by atoms with Crippen LogP contribution in [0.1, 0.15) is 31.7 Å². The van der Waals surface area contributed by atoms with Crippen LogP contribution in [0.3, 0.4) is 0 Å². The van der Waals surface area contributed by atoms with Gasteiger partial charge in [0.25, 0.3) is 0 Å². The molecule has 0 unspecified atom stereocenters. The van der Waals surface area contributed by atoms with E-state index in [1.54, 1.807) is 0 Å². The minimum atomic E-state index is 0. The van der Waals surface area contributed by atoms with Crippen molar-refractivity contribution in [2.24, 2.45) is 16.6 Å². The Morgan fingerprint density at radius 1 is 1.29 bits per heavy atom. The molecule has 0 aliphatic carbocycles. The van der Waals surface area contributed by atoms with E-state index < -0.39 is 0 Å². The highest BCUT2D eigenvalue weighted by atomic mass is 127. The molecule has 21 heavy (non-hydrogen) atoms. The summed E-state index contributed by atoms with van der Waals surface area (Å²) in [5.74, 6) is 1.54. The van der Waals surface area contributed by atoms with Crippen LogP contribution in [-0.2, 0) is 6.42 Å². The fraction of sp³-hybridized carbons (Fsp3) is 0.562. The summed E-state index contributed by atoms with van der Waals surface area (Å²) in [6, 6.07) is 8.01. The highest BCUT2D eigenvalue weighted by Crippen LogP contribution is 2.15. The SMILES string of the molecule is CC1CCN(C(N)=NCCCc2ccc(Cl)cc2)CC1.I. The van der Waals surface area contributed by atoms with E-state index in [1.807, 2.05) is 12.1 Å². The molecule has 1 aliphatic rings. The van der Waals surface area contributed by atoms with Crippen molar-refractivity contribution in [1.29, 1.82) is 0 Å². The van der Waals surface area contributed by atoms with Gasteiger partial charge in [-0.25, -0.2) is 0 Å². The van der Waals surface area contributed by atoms with Gasteiger partial charge in [0.15, 0.2) is 5.96 Å². The molecule has 0 aromatic heterocycles. The van der Waals surface area contributed by atoms with Gasteiger partial charge in [-0.3, -0.25) is 4.99 Å². The second-order valence-electron chi connectivity index (χ2n) is 5.64. The van der Waals surface area contributed by atoms with E-state index in [0.717, 1.165) is 43.4 Å². The van der Waals surface area contributed by atoms with Gasteiger partial charge in [-0.1, -0.05) is 30.7 Å². The molecule has 1 aliphatic heterocycles. The van der Waals surface area contributed by atoms with Crippen LogP contribution < -0.4 is 5.73 Å². The van der Waals surface area contributed by atoms with Crippen LogP contribution in [0.5, 0.6) is 0 Å². The summed E-state index contributed by atoms with van der Waals surface area (Å²) < 4.78 is 0. The molecule has 118 valence electrons. The lowest BCUT2D eigenvalue weighted by molar-refractivity contribution is 0.277. The first kappa shape index (κ1) is 18.6. The number of likely N-dealkylation sites (tertiary alicyclic amines) is 1. The number of piperidine rings is 1. The van der Waals surface area contributed by atoms with Gasteiger partial charge in [0, 0.05) is 24.7 Å². The first-order chi connectivity index (χ1) is 9.65. The summed E-state index contributed by atoms with van der Waals surface area (Å²) in [5, 5.41) is 0.787. The van der Waals surface area contributed by atoms with E-state index in [-0.39, 0.29) is 24.0 Å². The Morgan fingerprint density at radius 2 is 1.90 bits per heavy atom. The Kier molecular flexibility index (Phi) is 8.41.